The molecule has 0 heterocycles. The van der Waals surface area contributed by atoms with Crippen molar-refractivity contribution in [3.63, 3.8) is 0 Å². The van der Waals surface area contributed by atoms with Crippen LogP contribution in [-0.2, 0) is 6.54 Å². The molecule has 0 saturated carbocycles. The van der Waals surface area contributed by atoms with Gasteiger partial charge < -0.3 is 20.5 Å². The zero-order valence-electron chi connectivity index (χ0n) is 11.4. The molecule has 0 fully saturated rings. The number of rotatable bonds is 6. The molecule has 2 amide bonds. The Bertz CT molecular complexity index is 466. The van der Waals surface area contributed by atoms with Gasteiger partial charge in [0.25, 0.3) is 0 Å². The lowest BCUT2D eigenvalue weighted by Crippen LogP contribution is -2.41. The Morgan fingerprint density at radius 1 is 1.43 bits per heavy atom. The summed E-state index contributed by atoms with van der Waals surface area (Å²) in [5.74, 6) is 0.0794. The molecule has 1 aromatic carbocycles. The molecule has 8 heteroatoms. The van der Waals surface area contributed by atoms with E-state index < -0.39 is 18.8 Å². The normalized spacial score (nSPS) is 12.6. The lowest BCUT2D eigenvalue weighted by Gasteiger charge is -2.13. The summed E-state index contributed by atoms with van der Waals surface area (Å²) in [6.07, 6.45) is -4.39. The molecule has 1 aromatic rings. The summed E-state index contributed by atoms with van der Waals surface area (Å²) in [6, 6.07) is 5.15. The molecule has 0 spiro atoms. The minimum atomic E-state index is -4.39. The van der Waals surface area contributed by atoms with E-state index in [9.17, 15) is 18.0 Å². The van der Waals surface area contributed by atoms with Gasteiger partial charge in [-0.25, -0.2) is 4.79 Å². The quantitative estimate of drug-likeness (QED) is 0.750. The summed E-state index contributed by atoms with van der Waals surface area (Å²) in [7, 11) is 0. The first-order valence-electron chi connectivity index (χ1n) is 6.24. The molecule has 1 unspecified atom stereocenters. The minimum absolute atomic E-state index is 0.0794. The van der Waals surface area contributed by atoms with E-state index in [2.05, 4.69) is 15.4 Å². The number of urea groups is 1. The van der Waals surface area contributed by atoms with Crippen molar-refractivity contribution >= 4 is 6.03 Å². The van der Waals surface area contributed by atoms with Crippen LogP contribution in [0.15, 0.2) is 24.3 Å². The molecular weight excluding hydrogens is 289 g/mol. The number of carbonyl (C=O) groups is 1. The van der Waals surface area contributed by atoms with E-state index in [1.165, 1.54) is 18.2 Å². The standard InChI is InChI=1S/C13H17F3N2O3/c1-9(7-19)18-12(20)17-6-10-3-2-4-11(5-10)21-8-13(14,15)16/h2-5,9,19H,6-8H2,1H3,(H2,17,18,20). The maximum absolute atomic E-state index is 12.0. The number of carbonyl (C=O) groups excluding carboxylic acids is 1. The monoisotopic (exact) mass is 306 g/mol. The van der Waals surface area contributed by atoms with Crippen LogP contribution in [0.1, 0.15) is 12.5 Å². The van der Waals surface area contributed by atoms with Crippen molar-refractivity contribution in [1.82, 2.24) is 10.6 Å². The molecule has 0 aliphatic rings. The Labute approximate surface area is 120 Å². The van der Waals surface area contributed by atoms with Gasteiger partial charge in [0.2, 0.25) is 0 Å². The van der Waals surface area contributed by atoms with Gasteiger partial charge in [0.15, 0.2) is 6.61 Å². The predicted molar refractivity (Wildman–Crippen MR) is 69.9 cm³/mol. The number of nitrogens with one attached hydrogen (secondary N) is 2. The highest BCUT2D eigenvalue weighted by Crippen LogP contribution is 2.19. The van der Waals surface area contributed by atoms with E-state index >= 15 is 0 Å². The third-order valence-corrected chi connectivity index (χ3v) is 2.41. The average Bonchev–Trinajstić information content (AvgIpc) is 2.42. The van der Waals surface area contributed by atoms with Crippen molar-refractivity contribution in [2.45, 2.75) is 25.7 Å². The van der Waals surface area contributed by atoms with Crippen molar-refractivity contribution in [3.8, 4) is 5.75 Å². The number of benzene rings is 1. The maximum atomic E-state index is 12.0. The largest absolute Gasteiger partial charge is 0.484 e. The second-order valence-corrected chi connectivity index (χ2v) is 4.46. The first-order valence-corrected chi connectivity index (χ1v) is 6.24. The first kappa shape index (κ1) is 17.1. The summed E-state index contributed by atoms with van der Waals surface area (Å²) in [6.45, 7) is 0.213. The molecule has 0 aliphatic heterocycles. The number of hydrogen-bond acceptors (Lipinski definition) is 3. The van der Waals surface area contributed by atoms with Crippen molar-refractivity contribution in [1.29, 1.82) is 0 Å². The number of amides is 2. The Morgan fingerprint density at radius 2 is 2.14 bits per heavy atom. The van der Waals surface area contributed by atoms with Gasteiger partial charge in [-0.2, -0.15) is 13.2 Å². The molecule has 5 nitrogen and oxygen atoms in total. The highest BCUT2D eigenvalue weighted by atomic mass is 19.4. The van der Waals surface area contributed by atoms with Crippen LogP contribution >= 0.6 is 0 Å². The van der Waals surface area contributed by atoms with Crippen molar-refractivity contribution < 1.29 is 27.8 Å². The Morgan fingerprint density at radius 3 is 2.76 bits per heavy atom. The minimum Gasteiger partial charge on any atom is -0.484 e. The van der Waals surface area contributed by atoms with E-state index in [0.717, 1.165) is 0 Å². The highest BCUT2D eigenvalue weighted by Gasteiger charge is 2.28. The fourth-order valence-electron chi connectivity index (χ4n) is 1.41. The van der Waals surface area contributed by atoms with Gasteiger partial charge in [0.05, 0.1) is 12.6 Å². The summed E-state index contributed by atoms with van der Waals surface area (Å²) in [5.41, 5.74) is 0.599. The number of ether oxygens (including phenoxy) is 1. The number of aliphatic hydroxyl groups is 1. The Kier molecular flexibility index (Phi) is 6.29. The predicted octanol–water partition coefficient (Wildman–Crippen LogP) is 1.81. The second kappa shape index (κ2) is 7.72. The van der Waals surface area contributed by atoms with Gasteiger partial charge in [-0.3, -0.25) is 0 Å². The fourth-order valence-corrected chi connectivity index (χ4v) is 1.41. The molecule has 0 bridgehead atoms. The van der Waals surface area contributed by atoms with Gasteiger partial charge >= 0.3 is 12.2 Å². The van der Waals surface area contributed by atoms with Crippen molar-refractivity contribution in [2.24, 2.45) is 0 Å². The van der Waals surface area contributed by atoms with Gasteiger partial charge in [0, 0.05) is 6.54 Å². The van der Waals surface area contributed by atoms with Crippen LogP contribution in [0.2, 0.25) is 0 Å². The molecule has 0 radical (unpaired) electrons. The van der Waals surface area contributed by atoms with Gasteiger partial charge in [0.1, 0.15) is 5.75 Å². The molecule has 0 saturated heterocycles. The van der Waals surface area contributed by atoms with Crippen LogP contribution in [0, 0.1) is 0 Å². The summed E-state index contributed by atoms with van der Waals surface area (Å²) in [4.78, 5) is 11.4. The zero-order valence-corrected chi connectivity index (χ0v) is 11.4. The maximum Gasteiger partial charge on any atom is 0.422 e. The lowest BCUT2D eigenvalue weighted by molar-refractivity contribution is -0.153. The van der Waals surface area contributed by atoms with Crippen LogP contribution < -0.4 is 15.4 Å². The SMILES string of the molecule is CC(CO)NC(=O)NCc1cccc(OCC(F)(F)F)c1. The third-order valence-electron chi connectivity index (χ3n) is 2.41. The first-order chi connectivity index (χ1) is 9.80. The third kappa shape index (κ3) is 7.40. The van der Waals surface area contributed by atoms with Gasteiger partial charge in [-0.15, -0.1) is 0 Å². The molecule has 21 heavy (non-hydrogen) atoms. The van der Waals surface area contributed by atoms with E-state index in [-0.39, 0.29) is 24.9 Å². The topological polar surface area (TPSA) is 70.6 Å². The van der Waals surface area contributed by atoms with E-state index in [1.807, 2.05) is 0 Å². The molecule has 118 valence electrons. The summed E-state index contributed by atoms with van der Waals surface area (Å²) in [5, 5.41) is 13.8. The van der Waals surface area contributed by atoms with Gasteiger partial charge in [-0.1, -0.05) is 12.1 Å². The van der Waals surface area contributed by atoms with Crippen LogP contribution in [-0.4, -0.2) is 36.6 Å². The molecule has 0 aromatic heterocycles. The highest BCUT2D eigenvalue weighted by molar-refractivity contribution is 5.74. The van der Waals surface area contributed by atoms with Gasteiger partial charge in [-0.05, 0) is 24.6 Å². The fraction of sp³-hybridized carbons (Fsp3) is 0.462. The van der Waals surface area contributed by atoms with Crippen molar-refractivity contribution in [3.05, 3.63) is 29.8 Å². The van der Waals surface area contributed by atoms with E-state index in [0.29, 0.717) is 5.56 Å². The molecule has 1 rings (SSSR count). The Hall–Kier alpha value is -1.96. The number of hydrogen-bond donors (Lipinski definition) is 3. The van der Waals surface area contributed by atoms with E-state index in [1.54, 1.807) is 13.0 Å². The summed E-state index contributed by atoms with van der Waals surface area (Å²) < 4.78 is 40.7. The van der Waals surface area contributed by atoms with Crippen LogP contribution in [0.25, 0.3) is 0 Å². The molecule has 1 atom stereocenters. The van der Waals surface area contributed by atoms with E-state index in [4.69, 9.17) is 5.11 Å². The van der Waals surface area contributed by atoms with Crippen LogP contribution in [0.3, 0.4) is 0 Å². The zero-order chi connectivity index (χ0) is 15.9. The van der Waals surface area contributed by atoms with Crippen molar-refractivity contribution in [2.75, 3.05) is 13.2 Å². The molecule has 3 N–H and O–H groups in total. The Balaban J connectivity index is 2.47. The van der Waals surface area contributed by atoms with Crippen LogP contribution in [0.4, 0.5) is 18.0 Å². The average molecular weight is 306 g/mol. The number of halogens is 3. The lowest BCUT2D eigenvalue weighted by atomic mass is 10.2. The molecular formula is C13H17F3N2O3. The smallest absolute Gasteiger partial charge is 0.422 e. The number of aliphatic hydroxyl groups excluding tert-OH is 1. The number of alkyl halides is 3. The van der Waals surface area contributed by atoms with Crippen LogP contribution in [0.5, 0.6) is 5.75 Å². The second-order valence-electron chi connectivity index (χ2n) is 4.46. The summed E-state index contributed by atoms with van der Waals surface area (Å²) >= 11 is 0. The molecule has 0 aliphatic carbocycles.